The van der Waals surface area contributed by atoms with Gasteiger partial charge in [0.15, 0.2) is 5.82 Å². The summed E-state index contributed by atoms with van der Waals surface area (Å²) in [7, 11) is 0. The highest BCUT2D eigenvalue weighted by molar-refractivity contribution is 5.95. The number of carbonyl (C=O) groups is 1. The van der Waals surface area contributed by atoms with Gasteiger partial charge in [0.2, 0.25) is 0 Å². The molecule has 0 unspecified atom stereocenters. The van der Waals surface area contributed by atoms with Crippen LogP contribution in [0.4, 0.5) is 5.82 Å². The molecule has 0 fully saturated rings. The van der Waals surface area contributed by atoms with Crippen LogP contribution in [-0.4, -0.2) is 34.4 Å². The van der Waals surface area contributed by atoms with Crippen LogP contribution in [0, 0.1) is 0 Å². The van der Waals surface area contributed by atoms with Crippen molar-refractivity contribution in [1.82, 2.24) is 10.2 Å². The third-order valence-electron chi connectivity index (χ3n) is 3.33. The molecule has 0 bridgehead atoms. The van der Waals surface area contributed by atoms with Crippen LogP contribution in [0.5, 0.6) is 0 Å². The number of aryl methyl sites for hydroxylation is 1. The number of carboxylic acid groups (broad SMARTS) is 1. The number of aromatic nitrogens is 2. The summed E-state index contributed by atoms with van der Waals surface area (Å²) in [6, 6.07) is 0. The molecule has 1 aromatic heterocycles. The van der Waals surface area contributed by atoms with E-state index >= 15 is 0 Å². The number of hydrogen-bond donors (Lipinski definition) is 1. The number of rotatable bonds is 8. The van der Waals surface area contributed by atoms with Crippen molar-refractivity contribution < 1.29 is 9.90 Å². The normalized spacial score (nSPS) is 10.6. The zero-order chi connectivity index (χ0) is 15.1. The van der Waals surface area contributed by atoms with E-state index in [4.69, 9.17) is 0 Å². The second kappa shape index (κ2) is 7.82. The Hall–Kier alpha value is -1.65. The molecule has 0 saturated heterocycles. The van der Waals surface area contributed by atoms with Gasteiger partial charge in [-0.05, 0) is 31.2 Å². The SMILES string of the molecule is CCCN(CCC)c1nnc(CC)c(CC)c1C(=O)O. The zero-order valence-corrected chi connectivity index (χ0v) is 12.9. The van der Waals surface area contributed by atoms with Crippen LogP contribution in [0.3, 0.4) is 0 Å². The molecule has 5 nitrogen and oxygen atoms in total. The molecule has 0 atom stereocenters. The predicted octanol–water partition coefficient (Wildman–Crippen LogP) is 2.93. The molecular formula is C15H25N3O2. The maximum Gasteiger partial charge on any atom is 0.339 e. The Morgan fingerprint density at radius 2 is 1.65 bits per heavy atom. The Morgan fingerprint density at radius 1 is 1.05 bits per heavy atom. The molecule has 0 aliphatic carbocycles. The van der Waals surface area contributed by atoms with Crippen molar-refractivity contribution >= 4 is 11.8 Å². The van der Waals surface area contributed by atoms with Gasteiger partial charge in [-0.3, -0.25) is 0 Å². The van der Waals surface area contributed by atoms with Gasteiger partial charge in [0.25, 0.3) is 0 Å². The summed E-state index contributed by atoms with van der Waals surface area (Å²) in [4.78, 5) is 13.7. The van der Waals surface area contributed by atoms with E-state index < -0.39 is 5.97 Å². The Morgan fingerprint density at radius 3 is 2.05 bits per heavy atom. The minimum absolute atomic E-state index is 0.334. The molecule has 1 N–H and O–H groups in total. The Balaban J connectivity index is 3.40. The first-order valence-electron chi connectivity index (χ1n) is 7.47. The molecular weight excluding hydrogens is 254 g/mol. The van der Waals surface area contributed by atoms with Crippen molar-refractivity contribution in [3.8, 4) is 0 Å². The summed E-state index contributed by atoms with van der Waals surface area (Å²) in [5.74, 6) is -0.381. The average Bonchev–Trinajstić information content (AvgIpc) is 2.45. The lowest BCUT2D eigenvalue weighted by Gasteiger charge is -2.25. The fourth-order valence-corrected chi connectivity index (χ4v) is 2.47. The minimum Gasteiger partial charge on any atom is -0.478 e. The lowest BCUT2D eigenvalue weighted by molar-refractivity contribution is 0.0695. The Labute approximate surface area is 121 Å². The van der Waals surface area contributed by atoms with Crippen LogP contribution in [0.2, 0.25) is 0 Å². The van der Waals surface area contributed by atoms with Gasteiger partial charge in [-0.2, -0.15) is 5.10 Å². The van der Waals surface area contributed by atoms with E-state index in [-0.39, 0.29) is 0 Å². The molecule has 1 rings (SSSR count). The second-order valence-electron chi connectivity index (χ2n) is 4.82. The quantitative estimate of drug-likeness (QED) is 0.792. The van der Waals surface area contributed by atoms with Gasteiger partial charge < -0.3 is 10.0 Å². The lowest BCUT2D eigenvalue weighted by Crippen LogP contribution is -2.29. The van der Waals surface area contributed by atoms with Gasteiger partial charge in [0.05, 0.1) is 5.69 Å². The highest BCUT2D eigenvalue weighted by Crippen LogP contribution is 2.24. The topological polar surface area (TPSA) is 66.3 Å². The Bertz CT molecular complexity index is 455. The standard InChI is InChI=1S/C15H25N3O2/c1-5-9-18(10-6-2)14-13(15(19)20)11(7-3)12(8-4)16-17-14/h5-10H2,1-4H3,(H,19,20). The predicted molar refractivity (Wildman–Crippen MR) is 80.5 cm³/mol. The molecule has 112 valence electrons. The maximum atomic E-state index is 11.7. The van der Waals surface area contributed by atoms with Crippen molar-refractivity contribution in [3.63, 3.8) is 0 Å². The summed E-state index contributed by atoms with van der Waals surface area (Å²) >= 11 is 0. The van der Waals surface area contributed by atoms with Gasteiger partial charge >= 0.3 is 5.97 Å². The largest absolute Gasteiger partial charge is 0.478 e. The van der Waals surface area contributed by atoms with E-state index in [1.54, 1.807) is 0 Å². The van der Waals surface area contributed by atoms with E-state index in [2.05, 4.69) is 24.0 Å². The van der Waals surface area contributed by atoms with E-state index in [0.717, 1.165) is 37.2 Å². The lowest BCUT2D eigenvalue weighted by atomic mass is 10.0. The van der Waals surface area contributed by atoms with Crippen LogP contribution in [0.1, 0.15) is 62.2 Å². The molecule has 0 amide bonds. The molecule has 0 saturated carbocycles. The third kappa shape index (κ3) is 3.46. The summed E-state index contributed by atoms with van der Waals surface area (Å²) in [5, 5.41) is 18.0. The van der Waals surface area contributed by atoms with Gasteiger partial charge in [-0.1, -0.05) is 27.7 Å². The molecule has 0 radical (unpaired) electrons. The molecule has 0 spiro atoms. The van der Waals surface area contributed by atoms with Crippen LogP contribution in [0.15, 0.2) is 0 Å². The number of anilines is 1. The van der Waals surface area contributed by atoms with Crippen molar-refractivity contribution in [3.05, 3.63) is 16.8 Å². The van der Waals surface area contributed by atoms with E-state index in [1.807, 2.05) is 18.7 Å². The number of carboxylic acids is 1. The molecule has 5 heteroatoms. The molecule has 1 aromatic rings. The second-order valence-corrected chi connectivity index (χ2v) is 4.82. The van der Waals surface area contributed by atoms with Crippen LogP contribution in [-0.2, 0) is 12.8 Å². The minimum atomic E-state index is -0.904. The van der Waals surface area contributed by atoms with Crippen LogP contribution < -0.4 is 4.90 Å². The first-order chi connectivity index (χ1) is 9.60. The number of hydrogen-bond acceptors (Lipinski definition) is 4. The summed E-state index contributed by atoms with van der Waals surface area (Å²) in [6.07, 6.45) is 3.28. The van der Waals surface area contributed by atoms with E-state index in [1.165, 1.54) is 0 Å². The smallest absolute Gasteiger partial charge is 0.339 e. The Kier molecular flexibility index (Phi) is 6.42. The highest BCUT2D eigenvalue weighted by Gasteiger charge is 2.23. The first kappa shape index (κ1) is 16.4. The van der Waals surface area contributed by atoms with Gasteiger partial charge in [0, 0.05) is 13.1 Å². The maximum absolute atomic E-state index is 11.7. The van der Waals surface area contributed by atoms with Crippen LogP contribution >= 0.6 is 0 Å². The summed E-state index contributed by atoms with van der Waals surface area (Å²) in [5.41, 5.74) is 1.95. The summed E-state index contributed by atoms with van der Waals surface area (Å²) < 4.78 is 0. The monoisotopic (exact) mass is 279 g/mol. The molecule has 0 aliphatic rings. The fraction of sp³-hybridized carbons (Fsp3) is 0.667. The van der Waals surface area contributed by atoms with E-state index in [0.29, 0.717) is 24.2 Å². The van der Waals surface area contributed by atoms with Crippen molar-refractivity contribution in [2.45, 2.75) is 53.4 Å². The highest BCUT2D eigenvalue weighted by atomic mass is 16.4. The molecule has 0 aliphatic heterocycles. The molecule has 0 aromatic carbocycles. The summed E-state index contributed by atoms with van der Waals surface area (Å²) in [6.45, 7) is 9.71. The number of aromatic carboxylic acids is 1. The average molecular weight is 279 g/mol. The fourth-order valence-electron chi connectivity index (χ4n) is 2.47. The van der Waals surface area contributed by atoms with Crippen molar-refractivity contribution in [2.75, 3.05) is 18.0 Å². The molecule has 1 heterocycles. The molecule has 20 heavy (non-hydrogen) atoms. The van der Waals surface area contributed by atoms with Gasteiger partial charge in [-0.15, -0.1) is 5.10 Å². The van der Waals surface area contributed by atoms with Gasteiger partial charge in [-0.25, -0.2) is 4.79 Å². The number of nitrogens with zero attached hydrogens (tertiary/aromatic N) is 3. The first-order valence-corrected chi connectivity index (χ1v) is 7.47. The van der Waals surface area contributed by atoms with Crippen molar-refractivity contribution in [2.24, 2.45) is 0 Å². The zero-order valence-electron chi connectivity index (χ0n) is 12.9. The van der Waals surface area contributed by atoms with E-state index in [9.17, 15) is 9.90 Å². The van der Waals surface area contributed by atoms with Crippen molar-refractivity contribution in [1.29, 1.82) is 0 Å². The van der Waals surface area contributed by atoms with Crippen LogP contribution in [0.25, 0.3) is 0 Å². The van der Waals surface area contributed by atoms with Gasteiger partial charge in [0.1, 0.15) is 5.56 Å². The third-order valence-corrected chi connectivity index (χ3v) is 3.33.